The molecule has 0 spiro atoms. The number of hydroxylamine groups is 2. The van der Waals surface area contributed by atoms with Crippen LogP contribution in [0.5, 0.6) is 5.75 Å². The highest BCUT2D eigenvalue weighted by atomic mass is 16.7. The zero-order valence-electron chi connectivity index (χ0n) is 9.19. The summed E-state index contributed by atoms with van der Waals surface area (Å²) in [6, 6.07) is 7.01. The molecular formula is C11H15NO3. The van der Waals surface area contributed by atoms with Crippen LogP contribution in [0.3, 0.4) is 0 Å². The second-order valence-corrected chi connectivity index (χ2v) is 2.95. The van der Waals surface area contributed by atoms with E-state index in [0.29, 0.717) is 17.9 Å². The van der Waals surface area contributed by atoms with Crippen LogP contribution in [0.25, 0.3) is 0 Å². The normalized spacial score (nSPS) is 9.80. The first-order chi connectivity index (χ1) is 7.19. The van der Waals surface area contributed by atoms with E-state index in [1.54, 1.807) is 25.2 Å². The molecule has 1 aromatic carbocycles. The van der Waals surface area contributed by atoms with Gasteiger partial charge in [0.2, 0.25) is 0 Å². The van der Waals surface area contributed by atoms with Crippen LogP contribution in [-0.2, 0) is 4.84 Å². The molecule has 0 aliphatic carbocycles. The first-order valence-electron chi connectivity index (χ1n) is 4.74. The number of carbonyl (C=O) groups is 1. The molecule has 0 aliphatic heterocycles. The molecule has 0 atom stereocenters. The largest absolute Gasteiger partial charge is 0.494 e. The lowest BCUT2D eigenvalue weighted by molar-refractivity contribution is -0.0757. The van der Waals surface area contributed by atoms with Gasteiger partial charge in [0.1, 0.15) is 5.75 Å². The Morgan fingerprint density at radius 2 is 2.20 bits per heavy atom. The Bertz CT molecular complexity index is 338. The molecule has 0 heterocycles. The minimum absolute atomic E-state index is 0.195. The number of ether oxygens (including phenoxy) is 1. The fourth-order valence-corrected chi connectivity index (χ4v) is 1.15. The highest BCUT2D eigenvalue weighted by molar-refractivity contribution is 5.93. The van der Waals surface area contributed by atoms with Gasteiger partial charge in [-0.05, 0) is 25.1 Å². The minimum atomic E-state index is -0.195. The molecule has 0 saturated carbocycles. The van der Waals surface area contributed by atoms with Gasteiger partial charge in [0.25, 0.3) is 5.91 Å². The van der Waals surface area contributed by atoms with Gasteiger partial charge in [-0.3, -0.25) is 9.63 Å². The van der Waals surface area contributed by atoms with E-state index in [-0.39, 0.29) is 5.91 Å². The number of benzene rings is 1. The predicted molar refractivity (Wildman–Crippen MR) is 56.7 cm³/mol. The molecule has 1 aromatic rings. The van der Waals surface area contributed by atoms with Crippen molar-refractivity contribution in [1.29, 1.82) is 0 Å². The lowest BCUT2D eigenvalue weighted by Crippen LogP contribution is -2.25. The van der Waals surface area contributed by atoms with Crippen LogP contribution in [0.1, 0.15) is 17.3 Å². The second-order valence-electron chi connectivity index (χ2n) is 2.95. The molecule has 0 unspecified atom stereocenters. The number of hydrogen-bond acceptors (Lipinski definition) is 3. The van der Waals surface area contributed by atoms with E-state index < -0.39 is 0 Å². The van der Waals surface area contributed by atoms with Crippen molar-refractivity contribution in [2.24, 2.45) is 0 Å². The van der Waals surface area contributed by atoms with E-state index in [4.69, 9.17) is 9.57 Å². The maximum atomic E-state index is 11.7. The highest BCUT2D eigenvalue weighted by Crippen LogP contribution is 2.14. The zero-order chi connectivity index (χ0) is 11.3. The quantitative estimate of drug-likeness (QED) is 0.709. The van der Waals surface area contributed by atoms with Crippen molar-refractivity contribution in [1.82, 2.24) is 5.06 Å². The molecule has 1 amide bonds. The maximum absolute atomic E-state index is 11.7. The van der Waals surface area contributed by atoms with E-state index in [0.717, 1.165) is 0 Å². The summed E-state index contributed by atoms with van der Waals surface area (Å²) >= 11 is 0. The molecular weight excluding hydrogens is 194 g/mol. The Labute approximate surface area is 89.4 Å². The minimum Gasteiger partial charge on any atom is -0.494 e. The molecule has 0 bridgehead atoms. The first-order valence-corrected chi connectivity index (χ1v) is 4.74. The number of rotatable bonds is 4. The van der Waals surface area contributed by atoms with E-state index in [1.807, 2.05) is 13.0 Å². The number of carbonyl (C=O) groups excluding carboxylic acids is 1. The molecule has 4 nitrogen and oxygen atoms in total. The fraction of sp³-hybridized carbons (Fsp3) is 0.364. The van der Waals surface area contributed by atoms with E-state index in [1.165, 1.54) is 12.2 Å². The van der Waals surface area contributed by atoms with Crippen molar-refractivity contribution < 1.29 is 14.4 Å². The number of nitrogens with zero attached hydrogens (tertiary/aromatic N) is 1. The summed E-state index contributed by atoms with van der Waals surface area (Å²) in [4.78, 5) is 16.5. The summed E-state index contributed by atoms with van der Waals surface area (Å²) in [6.07, 6.45) is 0. The first kappa shape index (κ1) is 11.5. The molecule has 0 radical (unpaired) electrons. The molecule has 0 aromatic heterocycles. The van der Waals surface area contributed by atoms with Crippen molar-refractivity contribution in [3.63, 3.8) is 0 Å². The van der Waals surface area contributed by atoms with Crippen molar-refractivity contribution in [2.75, 3.05) is 20.8 Å². The molecule has 82 valence electrons. The predicted octanol–water partition coefficient (Wildman–Crippen LogP) is 1.72. The van der Waals surface area contributed by atoms with Crippen LogP contribution in [0.15, 0.2) is 24.3 Å². The summed E-state index contributed by atoms with van der Waals surface area (Å²) in [7, 11) is 3.01. The standard InChI is InChI=1S/C11H15NO3/c1-4-15-10-7-5-6-9(8-10)11(13)12(2)14-3/h5-8H,4H2,1-3H3. The third-order valence-electron chi connectivity index (χ3n) is 1.95. The van der Waals surface area contributed by atoms with Gasteiger partial charge in [-0.2, -0.15) is 0 Å². The topological polar surface area (TPSA) is 38.8 Å². The van der Waals surface area contributed by atoms with E-state index in [9.17, 15) is 4.79 Å². The monoisotopic (exact) mass is 209 g/mol. The Morgan fingerprint density at radius 1 is 1.47 bits per heavy atom. The summed E-state index contributed by atoms with van der Waals surface area (Å²) in [5, 5.41) is 1.17. The SMILES string of the molecule is CCOc1cccc(C(=O)N(C)OC)c1. The summed E-state index contributed by atoms with van der Waals surface area (Å²) < 4.78 is 5.30. The van der Waals surface area contributed by atoms with Crippen LogP contribution in [0, 0.1) is 0 Å². The second kappa shape index (κ2) is 5.36. The smallest absolute Gasteiger partial charge is 0.277 e. The van der Waals surface area contributed by atoms with Crippen molar-refractivity contribution in [3.8, 4) is 5.75 Å². The molecule has 4 heteroatoms. The Kier molecular flexibility index (Phi) is 4.12. The van der Waals surface area contributed by atoms with E-state index >= 15 is 0 Å². The molecule has 0 N–H and O–H groups in total. The lowest BCUT2D eigenvalue weighted by atomic mass is 10.2. The van der Waals surface area contributed by atoms with Gasteiger partial charge in [0.05, 0.1) is 13.7 Å². The molecule has 0 saturated heterocycles. The van der Waals surface area contributed by atoms with E-state index in [2.05, 4.69) is 0 Å². The Hall–Kier alpha value is -1.55. The van der Waals surface area contributed by atoms with Gasteiger partial charge < -0.3 is 4.74 Å². The highest BCUT2D eigenvalue weighted by Gasteiger charge is 2.11. The van der Waals surface area contributed by atoms with Gasteiger partial charge in [-0.1, -0.05) is 6.07 Å². The number of amides is 1. The van der Waals surface area contributed by atoms with Crippen molar-refractivity contribution in [3.05, 3.63) is 29.8 Å². The Morgan fingerprint density at radius 3 is 2.80 bits per heavy atom. The van der Waals surface area contributed by atoms with Crippen molar-refractivity contribution >= 4 is 5.91 Å². The fourth-order valence-electron chi connectivity index (χ4n) is 1.15. The van der Waals surface area contributed by atoms with Crippen LogP contribution in [0.2, 0.25) is 0 Å². The molecule has 0 fully saturated rings. The van der Waals surface area contributed by atoms with Gasteiger partial charge in [-0.15, -0.1) is 0 Å². The third-order valence-corrected chi connectivity index (χ3v) is 1.95. The van der Waals surface area contributed by atoms with Crippen molar-refractivity contribution in [2.45, 2.75) is 6.92 Å². The van der Waals surface area contributed by atoms with Crippen LogP contribution in [0.4, 0.5) is 0 Å². The molecule has 0 aliphatic rings. The number of hydrogen-bond donors (Lipinski definition) is 0. The van der Waals surface area contributed by atoms with Gasteiger partial charge in [0, 0.05) is 12.6 Å². The summed E-state index contributed by atoms with van der Waals surface area (Å²) in [6.45, 7) is 2.48. The molecule has 15 heavy (non-hydrogen) atoms. The lowest BCUT2D eigenvalue weighted by Gasteiger charge is -2.14. The zero-order valence-corrected chi connectivity index (χ0v) is 9.19. The maximum Gasteiger partial charge on any atom is 0.277 e. The van der Waals surface area contributed by atoms with Crippen LogP contribution < -0.4 is 4.74 Å². The van der Waals surface area contributed by atoms with Crippen LogP contribution >= 0.6 is 0 Å². The average molecular weight is 209 g/mol. The summed E-state index contributed by atoms with van der Waals surface area (Å²) in [5.74, 6) is 0.493. The van der Waals surface area contributed by atoms with Gasteiger partial charge >= 0.3 is 0 Å². The van der Waals surface area contributed by atoms with Gasteiger partial charge in [0.15, 0.2) is 0 Å². The molecule has 1 rings (SSSR count). The summed E-state index contributed by atoms with van der Waals surface area (Å²) in [5.41, 5.74) is 0.547. The third kappa shape index (κ3) is 2.95. The average Bonchev–Trinajstić information content (AvgIpc) is 2.28. The van der Waals surface area contributed by atoms with Gasteiger partial charge in [-0.25, -0.2) is 5.06 Å². The van der Waals surface area contributed by atoms with Crippen LogP contribution in [-0.4, -0.2) is 31.7 Å². The Balaban J connectivity index is 2.85.